The van der Waals surface area contributed by atoms with Gasteiger partial charge in [-0.2, -0.15) is 0 Å². The van der Waals surface area contributed by atoms with Crippen molar-refractivity contribution < 1.29 is 27.1 Å². The Balaban J connectivity index is 0. The van der Waals surface area contributed by atoms with Crippen LogP contribution in [-0.2, 0) is 22.0 Å². The summed E-state index contributed by atoms with van der Waals surface area (Å²) in [6.45, 7) is 1.37. The molecule has 0 saturated heterocycles. The van der Waals surface area contributed by atoms with Gasteiger partial charge in [-0.05, 0) is 0 Å². The first-order chi connectivity index (χ1) is 6.27. The Kier molecular flexibility index (Phi) is 6.31. The van der Waals surface area contributed by atoms with Gasteiger partial charge in [-0.25, -0.2) is 0 Å². The van der Waals surface area contributed by atoms with Crippen molar-refractivity contribution in [2.45, 2.75) is 15.2 Å². The van der Waals surface area contributed by atoms with E-state index in [1.165, 1.54) is 14.0 Å². The molecule has 0 aliphatic heterocycles. The van der Waals surface area contributed by atoms with Gasteiger partial charge in [-0.1, -0.05) is 0 Å². The molecule has 0 aromatic carbocycles. The van der Waals surface area contributed by atoms with Crippen LogP contribution in [0.25, 0.3) is 0 Å². The number of hydrogen-bond donors (Lipinski definition) is 1. The van der Waals surface area contributed by atoms with E-state index in [1.807, 2.05) is 18.2 Å². The van der Waals surface area contributed by atoms with Crippen LogP contribution in [0, 0.1) is 0 Å². The molecule has 96 valence electrons. The summed E-state index contributed by atoms with van der Waals surface area (Å²) in [6, 6.07) is 0. The van der Waals surface area contributed by atoms with Crippen molar-refractivity contribution in [3.8, 4) is 0 Å². The van der Waals surface area contributed by atoms with E-state index in [0.29, 0.717) is 6.42 Å². The van der Waals surface area contributed by atoms with Crippen LogP contribution in [0.3, 0.4) is 0 Å². The molecule has 0 radical (unpaired) electrons. The number of halogens is 2. The standard InChI is InChI=1S/C5H5.C2H5O.CH3O.CH3.2ClH.O.H2Si.Zr/c1-2-4-5-3-1;1-2-3;1-2;;;;;;/h1-3H,4H2;3H,1-2H2;1H3;1H3;2*1H;;1H2;/q;;-1;;;;;;+1. The fourth-order valence-corrected chi connectivity index (χ4v) is 11.3. The van der Waals surface area contributed by atoms with Gasteiger partial charge >= 0.3 is 84.4 Å². The fraction of sp³-hybridized carbons (Fsp3) is 0.556. The van der Waals surface area contributed by atoms with Crippen LogP contribution in [-0.4, -0.2) is 25.7 Å². The number of hydrogen-bond acceptors (Lipinski definition) is 3. The van der Waals surface area contributed by atoms with E-state index in [4.69, 9.17) is 7.92 Å². The van der Waals surface area contributed by atoms with Gasteiger partial charge in [0.25, 0.3) is 0 Å². The maximum Gasteiger partial charge on any atom is -0.147 e. The predicted molar refractivity (Wildman–Crippen MR) is 70.3 cm³/mol. The molecule has 1 N–H and O–H groups in total. The molecule has 0 bridgehead atoms. The summed E-state index contributed by atoms with van der Waals surface area (Å²) in [7, 11) is 1.49. The second-order valence-electron chi connectivity index (χ2n) is 4.84. The Labute approximate surface area is 108 Å². The van der Waals surface area contributed by atoms with Crippen LogP contribution in [0.5, 0.6) is 0 Å². The summed E-state index contributed by atoms with van der Waals surface area (Å²) in [5.41, 5.74) is 0. The SMILES string of the molecule is C[O][Zr]([CH3])(=[O])(=[SiH2])([CH2]CO)[C]1=CC=CC1.Cl.Cl. The third-order valence-corrected chi connectivity index (χ3v) is 23.5. The Morgan fingerprint density at radius 3 is 2.44 bits per heavy atom. The molecule has 0 fully saturated rings. The summed E-state index contributed by atoms with van der Waals surface area (Å²) >= 11 is -4.94. The molecule has 1 aliphatic rings. The minimum absolute atomic E-state index is 0. The van der Waals surface area contributed by atoms with Crippen molar-refractivity contribution >= 4 is 31.7 Å². The van der Waals surface area contributed by atoms with Gasteiger partial charge in [0, 0.05) is 0 Å². The molecule has 3 nitrogen and oxygen atoms in total. The summed E-state index contributed by atoms with van der Waals surface area (Å²) in [4.78, 5) is 0. The molecule has 7 heteroatoms. The first-order valence-corrected chi connectivity index (χ1v) is 18.2. The summed E-state index contributed by atoms with van der Waals surface area (Å²) < 4.78 is 21.4. The third-order valence-electron chi connectivity index (χ3n) is 3.35. The quantitative estimate of drug-likeness (QED) is 0.772. The zero-order chi connectivity index (χ0) is 10.9. The molecule has 0 spiro atoms. The van der Waals surface area contributed by atoms with Crippen LogP contribution in [0.2, 0.25) is 8.76 Å². The Bertz CT molecular complexity index is 471. The van der Waals surface area contributed by atoms with E-state index < -0.39 is 16.4 Å². The van der Waals surface area contributed by atoms with E-state index in [9.17, 15) is 2.81 Å². The number of rotatable bonds is 4. The van der Waals surface area contributed by atoms with Crippen LogP contribution in [0.15, 0.2) is 21.5 Å². The van der Waals surface area contributed by atoms with Gasteiger partial charge in [0.2, 0.25) is 0 Å². The van der Waals surface area contributed by atoms with Crippen molar-refractivity contribution in [1.82, 2.24) is 0 Å². The molecule has 1 aliphatic carbocycles. The zero-order valence-corrected chi connectivity index (χ0v) is 15.1. The molecule has 0 unspecified atom stereocenters. The van der Waals surface area contributed by atoms with Crippen molar-refractivity contribution in [3.63, 3.8) is 0 Å². The van der Waals surface area contributed by atoms with Crippen molar-refractivity contribution in [3.05, 3.63) is 21.5 Å². The molecule has 0 aromatic heterocycles. The van der Waals surface area contributed by atoms with E-state index in [2.05, 4.69) is 0 Å². The molecule has 0 amide bonds. The second kappa shape index (κ2) is 5.25. The molecular weight excluding hydrogens is 346 g/mol. The minimum Gasteiger partial charge on any atom is -0.147 e. The third kappa shape index (κ3) is 3.44. The smallest absolute Gasteiger partial charge is 0.147 e. The van der Waals surface area contributed by atoms with Gasteiger partial charge in [-0.3, -0.25) is 0 Å². The van der Waals surface area contributed by atoms with Gasteiger partial charge < -0.3 is 0 Å². The second-order valence-corrected chi connectivity index (χ2v) is 35.2. The van der Waals surface area contributed by atoms with Crippen LogP contribution in [0.4, 0.5) is 0 Å². The van der Waals surface area contributed by atoms with Gasteiger partial charge in [0.05, 0.1) is 0 Å². The molecule has 1 rings (SSSR count). The van der Waals surface area contributed by atoms with Gasteiger partial charge in [0.15, 0.2) is 0 Å². The number of aliphatic hydroxyl groups excluding tert-OH is 1. The van der Waals surface area contributed by atoms with E-state index in [-0.39, 0.29) is 35.5 Å². The predicted octanol–water partition coefficient (Wildman–Crippen LogP) is 1.81. The minimum atomic E-state index is -4.94. The van der Waals surface area contributed by atoms with E-state index >= 15 is 0 Å². The van der Waals surface area contributed by atoms with Crippen molar-refractivity contribution in [2.75, 3.05) is 13.7 Å². The number of allylic oxidation sites excluding steroid dienone is 4. The first-order valence-electron chi connectivity index (χ1n) is 4.81. The average Bonchev–Trinajstić information content (AvgIpc) is 2.57. The molecule has 16 heavy (non-hydrogen) atoms. The van der Waals surface area contributed by atoms with Gasteiger partial charge in [0.1, 0.15) is 0 Å². The Hall–Kier alpha value is 0.880. The molecule has 0 aromatic rings. The molecule has 0 heterocycles. The van der Waals surface area contributed by atoms with E-state index in [0.717, 1.165) is 3.28 Å². The molecular formula is C9H20Cl2O3SiZr. The van der Waals surface area contributed by atoms with E-state index in [1.54, 1.807) is 4.63 Å². The van der Waals surface area contributed by atoms with Crippen LogP contribution >= 0.6 is 24.8 Å². The fourth-order valence-electron chi connectivity index (χ4n) is 1.78. The average molecular weight is 366 g/mol. The maximum absolute atomic E-state index is 13.2. The summed E-state index contributed by atoms with van der Waals surface area (Å²) in [5, 5.41) is 9.05. The summed E-state index contributed by atoms with van der Waals surface area (Å²) in [6.07, 6.45) is 6.42. The normalized spacial score (nSPS) is 16.6. The number of aliphatic hydroxyl groups is 1. The molecule has 0 atom stereocenters. The summed E-state index contributed by atoms with van der Waals surface area (Å²) in [5.74, 6) is 0. The monoisotopic (exact) mass is 364 g/mol. The topological polar surface area (TPSA) is 46.5 Å². The van der Waals surface area contributed by atoms with Crippen LogP contribution in [0.1, 0.15) is 6.42 Å². The maximum atomic E-state index is 13.2. The largest absolute Gasteiger partial charge is 0.147 e. The van der Waals surface area contributed by atoms with Gasteiger partial charge in [-0.15, -0.1) is 24.8 Å². The first kappa shape index (κ1) is 19.2. The zero-order valence-electron chi connectivity index (χ0n) is 9.64. The Morgan fingerprint density at radius 2 is 2.12 bits per heavy atom. The molecule has 0 saturated carbocycles. The van der Waals surface area contributed by atoms with Crippen molar-refractivity contribution in [2.24, 2.45) is 0 Å². The Morgan fingerprint density at radius 1 is 1.56 bits per heavy atom. The van der Waals surface area contributed by atoms with Crippen molar-refractivity contribution in [1.29, 1.82) is 0 Å². The van der Waals surface area contributed by atoms with Crippen LogP contribution < -0.4 is 0 Å².